The molecule has 6 nitrogen and oxygen atoms in total. The van der Waals surface area contributed by atoms with Crippen LogP contribution in [0.15, 0.2) is 60.8 Å². The molecule has 0 rings (SSSR count). The molecule has 0 amide bonds. The van der Waals surface area contributed by atoms with Gasteiger partial charge in [-0.3, -0.25) is 14.4 Å². The van der Waals surface area contributed by atoms with Gasteiger partial charge in [0.1, 0.15) is 13.2 Å². The molecule has 0 N–H and O–H groups in total. The van der Waals surface area contributed by atoms with Crippen molar-refractivity contribution < 1.29 is 28.6 Å². The summed E-state index contributed by atoms with van der Waals surface area (Å²) in [6.07, 6.45) is 86.6. The van der Waals surface area contributed by atoms with Gasteiger partial charge in [0.15, 0.2) is 6.10 Å². The lowest BCUT2D eigenvalue weighted by molar-refractivity contribution is -0.167. The van der Waals surface area contributed by atoms with Crippen LogP contribution in [0.1, 0.15) is 367 Å². The average Bonchev–Trinajstić information content (AvgIpc) is 3.45. The second-order valence-corrected chi connectivity index (χ2v) is 23.4. The number of esters is 3. The smallest absolute Gasteiger partial charge is 0.306 e. The highest BCUT2D eigenvalue weighted by molar-refractivity contribution is 5.71. The summed E-state index contributed by atoms with van der Waals surface area (Å²) in [5, 5.41) is 0. The van der Waals surface area contributed by atoms with Crippen molar-refractivity contribution in [3.63, 3.8) is 0 Å². The van der Waals surface area contributed by atoms with E-state index in [-0.39, 0.29) is 31.1 Å². The first-order chi connectivity index (χ1) is 39.0. The summed E-state index contributed by atoms with van der Waals surface area (Å²) >= 11 is 0. The van der Waals surface area contributed by atoms with E-state index in [1.165, 1.54) is 238 Å². The Morgan fingerprint density at radius 3 is 0.772 bits per heavy atom. The van der Waals surface area contributed by atoms with Crippen LogP contribution in [0.25, 0.3) is 0 Å². The zero-order valence-corrected chi connectivity index (χ0v) is 52.9. The summed E-state index contributed by atoms with van der Waals surface area (Å²) in [5.74, 6) is -0.844. The lowest BCUT2D eigenvalue weighted by Gasteiger charge is -2.18. The van der Waals surface area contributed by atoms with Crippen LogP contribution in [0.3, 0.4) is 0 Å². The van der Waals surface area contributed by atoms with Gasteiger partial charge in [0.2, 0.25) is 0 Å². The Kier molecular flexibility index (Phi) is 65.1. The van der Waals surface area contributed by atoms with Crippen molar-refractivity contribution in [2.75, 3.05) is 13.2 Å². The van der Waals surface area contributed by atoms with Crippen LogP contribution >= 0.6 is 0 Å². The topological polar surface area (TPSA) is 78.9 Å². The minimum Gasteiger partial charge on any atom is -0.462 e. The number of carbonyl (C=O) groups excluding carboxylic acids is 3. The highest BCUT2D eigenvalue weighted by atomic mass is 16.6. The molecule has 0 spiro atoms. The van der Waals surface area contributed by atoms with Crippen molar-refractivity contribution in [2.45, 2.75) is 374 Å². The van der Waals surface area contributed by atoms with E-state index in [1.54, 1.807) is 0 Å². The first kappa shape index (κ1) is 76.1. The molecular weight excluding hydrogens is 973 g/mol. The maximum absolute atomic E-state index is 12.9. The normalized spacial score (nSPS) is 12.4. The van der Waals surface area contributed by atoms with Gasteiger partial charge in [-0.25, -0.2) is 0 Å². The van der Waals surface area contributed by atoms with Gasteiger partial charge in [-0.05, 0) is 64.2 Å². The fraction of sp³-hybridized carbons (Fsp3) is 0.822. The van der Waals surface area contributed by atoms with Gasteiger partial charge in [-0.1, -0.05) is 345 Å². The predicted molar refractivity (Wildman–Crippen MR) is 344 cm³/mol. The molecule has 0 fully saturated rings. The molecule has 0 aromatic rings. The number of ether oxygens (including phenoxy) is 3. The lowest BCUT2D eigenvalue weighted by Crippen LogP contribution is -2.30. The van der Waals surface area contributed by atoms with Crippen molar-refractivity contribution in [1.29, 1.82) is 0 Å². The molecule has 0 saturated heterocycles. The molecule has 460 valence electrons. The summed E-state index contributed by atoms with van der Waals surface area (Å²) in [6.45, 7) is 6.60. The Hall–Kier alpha value is -2.89. The van der Waals surface area contributed by atoms with E-state index in [9.17, 15) is 14.4 Å². The monoisotopic (exact) mass is 1110 g/mol. The van der Waals surface area contributed by atoms with Crippen LogP contribution in [-0.2, 0) is 28.6 Å². The zero-order chi connectivity index (χ0) is 57.1. The fourth-order valence-electron chi connectivity index (χ4n) is 10.4. The Balaban J connectivity index is 4.28. The van der Waals surface area contributed by atoms with E-state index in [1.807, 2.05) is 0 Å². The number of rotatable bonds is 64. The van der Waals surface area contributed by atoms with Crippen LogP contribution in [0.5, 0.6) is 0 Å². The molecular formula is C73H132O6. The highest BCUT2D eigenvalue weighted by Gasteiger charge is 2.19. The van der Waals surface area contributed by atoms with Crippen molar-refractivity contribution in [3.05, 3.63) is 60.8 Å². The fourth-order valence-corrected chi connectivity index (χ4v) is 10.4. The van der Waals surface area contributed by atoms with E-state index < -0.39 is 6.10 Å². The third kappa shape index (κ3) is 65.8. The van der Waals surface area contributed by atoms with Crippen LogP contribution in [0.4, 0.5) is 0 Å². The molecule has 79 heavy (non-hydrogen) atoms. The number of unbranched alkanes of at least 4 members (excludes halogenated alkanes) is 43. The second-order valence-electron chi connectivity index (χ2n) is 23.4. The maximum Gasteiger partial charge on any atom is 0.306 e. The third-order valence-electron chi connectivity index (χ3n) is 15.5. The largest absolute Gasteiger partial charge is 0.462 e. The van der Waals surface area contributed by atoms with E-state index in [4.69, 9.17) is 14.2 Å². The molecule has 0 radical (unpaired) electrons. The molecule has 0 aromatic heterocycles. The lowest BCUT2D eigenvalue weighted by atomic mass is 10.0. The van der Waals surface area contributed by atoms with Crippen molar-refractivity contribution in [1.82, 2.24) is 0 Å². The molecule has 0 bridgehead atoms. The summed E-state index contributed by atoms with van der Waals surface area (Å²) in [5.41, 5.74) is 0. The van der Waals surface area contributed by atoms with Gasteiger partial charge in [0.05, 0.1) is 0 Å². The third-order valence-corrected chi connectivity index (χ3v) is 15.5. The first-order valence-electron chi connectivity index (χ1n) is 34.8. The molecule has 0 aliphatic heterocycles. The van der Waals surface area contributed by atoms with Crippen molar-refractivity contribution in [3.8, 4) is 0 Å². The van der Waals surface area contributed by atoms with Gasteiger partial charge in [-0.15, -0.1) is 0 Å². The van der Waals surface area contributed by atoms with Gasteiger partial charge in [0.25, 0.3) is 0 Å². The Labute approximate surface area is 491 Å². The van der Waals surface area contributed by atoms with Crippen molar-refractivity contribution >= 4 is 17.9 Å². The van der Waals surface area contributed by atoms with Crippen LogP contribution < -0.4 is 0 Å². The van der Waals surface area contributed by atoms with Crippen LogP contribution in [-0.4, -0.2) is 37.2 Å². The van der Waals surface area contributed by atoms with Gasteiger partial charge < -0.3 is 14.2 Å². The number of carbonyl (C=O) groups is 3. The number of hydrogen-bond acceptors (Lipinski definition) is 6. The number of hydrogen-bond donors (Lipinski definition) is 0. The molecule has 0 aliphatic carbocycles. The summed E-state index contributed by atoms with van der Waals surface area (Å²) in [6, 6.07) is 0. The van der Waals surface area contributed by atoms with Crippen molar-refractivity contribution in [2.24, 2.45) is 0 Å². The zero-order valence-electron chi connectivity index (χ0n) is 52.9. The van der Waals surface area contributed by atoms with E-state index in [0.29, 0.717) is 19.3 Å². The summed E-state index contributed by atoms with van der Waals surface area (Å²) in [4.78, 5) is 38.4. The maximum atomic E-state index is 12.9. The van der Waals surface area contributed by atoms with Gasteiger partial charge in [-0.2, -0.15) is 0 Å². The quantitative estimate of drug-likeness (QED) is 0.0261. The second kappa shape index (κ2) is 67.6. The Morgan fingerprint density at radius 1 is 0.266 bits per heavy atom. The van der Waals surface area contributed by atoms with Gasteiger partial charge >= 0.3 is 17.9 Å². The number of allylic oxidation sites excluding steroid dienone is 10. The predicted octanol–water partition coefficient (Wildman–Crippen LogP) is 23.9. The summed E-state index contributed by atoms with van der Waals surface area (Å²) in [7, 11) is 0. The van der Waals surface area contributed by atoms with E-state index in [0.717, 1.165) is 89.9 Å². The Morgan fingerprint density at radius 2 is 0.494 bits per heavy atom. The molecule has 0 saturated carbocycles. The standard InChI is InChI=1S/C73H132O6/c1-4-7-10-13-16-19-22-25-28-31-33-34-35-36-37-38-39-40-41-43-45-48-51-54-57-60-63-66-72(75)78-69-70(68-77-71(74)65-62-59-56-53-50-47-44-30-27-24-21-18-15-12-9-6-3)79-73(76)67-64-61-58-55-52-49-46-42-32-29-26-23-20-17-14-11-8-5-2/h7,10,16,19,25,28,33-34,36-37,70H,4-6,8-9,11-15,17-18,20-24,26-27,29-32,35,38-69H2,1-3H3/b10-7-,19-16-,28-25-,34-33-,37-36-. The van der Waals surface area contributed by atoms with E-state index >= 15 is 0 Å². The van der Waals surface area contributed by atoms with E-state index in [2.05, 4.69) is 81.5 Å². The summed E-state index contributed by atoms with van der Waals surface area (Å²) < 4.78 is 17.0. The average molecular weight is 1110 g/mol. The SMILES string of the molecule is CC/C=C\C/C=C\C/C=C\C/C=C\C/C=C\CCCCCCCCCCCCCC(=O)OCC(COC(=O)CCCCCCCCCCCCCCCCCC)OC(=O)CCCCCCCCCCCCCCCCCCCC. The minimum absolute atomic E-state index is 0.0685. The van der Waals surface area contributed by atoms with Crippen LogP contribution in [0.2, 0.25) is 0 Å². The first-order valence-corrected chi connectivity index (χ1v) is 34.8. The highest BCUT2D eigenvalue weighted by Crippen LogP contribution is 2.18. The van der Waals surface area contributed by atoms with Crippen LogP contribution in [0, 0.1) is 0 Å². The molecule has 1 atom stereocenters. The van der Waals surface area contributed by atoms with Gasteiger partial charge in [0, 0.05) is 19.3 Å². The molecule has 1 unspecified atom stereocenters. The molecule has 0 aliphatic rings. The molecule has 6 heteroatoms. The Bertz CT molecular complexity index is 1410. The molecule has 0 aromatic carbocycles. The minimum atomic E-state index is -0.773. The molecule has 0 heterocycles.